The van der Waals surface area contributed by atoms with Crippen LogP contribution in [0.4, 0.5) is 0 Å². The molecular formula is C12H24N4O. The van der Waals surface area contributed by atoms with E-state index in [1.165, 1.54) is 0 Å². The van der Waals surface area contributed by atoms with Gasteiger partial charge in [0, 0.05) is 38.8 Å². The lowest BCUT2D eigenvalue weighted by atomic mass is 10.2. The van der Waals surface area contributed by atoms with E-state index in [0.29, 0.717) is 19.1 Å². The van der Waals surface area contributed by atoms with Crippen molar-refractivity contribution in [3.8, 4) is 0 Å². The summed E-state index contributed by atoms with van der Waals surface area (Å²) in [5, 5.41) is 5.95. The fraction of sp³-hybridized carbons (Fsp3) is 0.750. The van der Waals surface area contributed by atoms with Crippen LogP contribution in [0.15, 0.2) is 12.7 Å². The van der Waals surface area contributed by atoms with E-state index < -0.39 is 0 Å². The number of carbonyl (C=O) groups is 1. The average molecular weight is 240 g/mol. The molecule has 0 saturated carbocycles. The molecule has 5 heteroatoms. The summed E-state index contributed by atoms with van der Waals surface area (Å²) in [5.41, 5.74) is 0. The molecule has 1 saturated heterocycles. The van der Waals surface area contributed by atoms with Crippen molar-refractivity contribution in [2.24, 2.45) is 0 Å². The Balaban J connectivity index is 2.19. The van der Waals surface area contributed by atoms with Gasteiger partial charge in [0.25, 0.3) is 0 Å². The largest absolute Gasteiger partial charge is 0.353 e. The normalized spacial score (nSPS) is 22.4. The monoisotopic (exact) mass is 240 g/mol. The second-order valence-electron chi connectivity index (χ2n) is 4.62. The van der Waals surface area contributed by atoms with Crippen molar-refractivity contribution in [2.45, 2.75) is 6.04 Å². The summed E-state index contributed by atoms with van der Waals surface area (Å²) in [5.74, 6) is 0.0495. The van der Waals surface area contributed by atoms with Gasteiger partial charge >= 0.3 is 0 Å². The minimum Gasteiger partial charge on any atom is -0.353 e. The van der Waals surface area contributed by atoms with Gasteiger partial charge in [0.1, 0.15) is 0 Å². The number of amides is 1. The van der Waals surface area contributed by atoms with Gasteiger partial charge in [-0.2, -0.15) is 0 Å². The smallest absolute Gasteiger partial charge is 0.234 e. The highest BCUT2D eigenvalue weighted by Crippen LogP contribution is 2.04. The SMILES string of the molecule is C=CCNCC(=O)NCC1CN(C)CCN1C. The van der Waals surface area contributed by atoms with Gasteiger partial charge in [-0.25, -0.2) is 0 Å². The average Bonchev–Trinajstić information content (AvgIpc) is 2.31. The molecule has 2 N–H and O–H groups in total. The topological polar surface area (TPSA) is 47.6 Å². The Labute approximate surface area is 104 Å². The van der Waals surface area contributed by atoms with E-state index in [1.807, 2.05) is 0 Å². The van der Waals surface area contributed by atoms with E-state index in [4.69, 9.17) is 0 Å². The molecule has 1 rings (SSSR count). The van der Waals surface area contributed by atoms with Gasteiger partial charge in [-0.05, 0) is 14.1 Å². The van der Waals surface area contributed by atoms with Crippen LogP contribution >= 0.6 is 0 Å². The highest BCUT2D eigenvalue weighted by atomic mass is 16.1. The molecule has 0 aromatic rings. The predicted octanol–water partition coefficient (Wildman–Crippen LogP) is -0.876. The zero-order chi connectivity index (χ0) is 12.7. The van der Waals surface area contributed by atoms with Crippen LogP contribution < -0.4 is 10.6 Å². The van der Waals surface area contributed by atoms with Gasteiger partial charge in [-0.3, -0.25) is 9.69 Å². The van der Waals surface area contributed by atoms with Crippen LogP contribution in [0.25, 0.3) is 0 Å². The highest BCUT2D eigenvalue weighted by Gasteiger charge is 2.22. The van der Waals surface area contributed by atoms with E-state index in [9.17, 15) is 4.79 Å². The first-order chi connectivity index (χ1) is 8.13. The van der Waals surface area contributed by atoms with Gasteiger partial charge in [0.05, 0.1) is 6.54 Å². The molecule has 0 radical (unpaired) electrons. The number of nitrogens with zero attached hydrogens (tertiary/aromatic N) is 2. The van der Waals surface area contributed by atoms with Crippen molar-refractivity contribution in [2.75, 3.05) is 53.4 Å². The van der Waals surface area contributed by atoms with Crippen molar-refractivity contribution in [3.63, 3.8) is 0 Å². The standard InChI is InChI=1S/C12H24N4O/c1-4-5-13-9-12(17)14-8-11-10-15(2)6-7-16(11)3/h4,11,13H,1,5-10H2,2-3H3,(H,14,17). The fourth-order valence-electron chi connectivity index (χ4n) is 1.90. The Hall–Kier alpha value is -0.910. The Morgan fingerprint density at radius 3 is 2.94 bits per heavy atom. The molecule has 0 aromatic heterocycles. The lowest BCUT2D eigenvalue weighted by molar-refractivity contribution is -0.120. The number of hydrogen-bond acceptors (Lipinski definition) is 4. The zero-order valence-corrected chi connectivity index (χ0v) is 10.9. The molecule has 0 aliphatic carbocycles. The van der Waals surface area contributed by atoms with Crippen molar-refractivity contribution in [1.82, 2.24) is 20.4 Å². The zero-order valence-electron chi connectivity index (χ0n) is 10.9. The molecule has 1 amide bonds. The molecule has 1 aliphatic heterocycles. The van der Waals surface area contributed by atoms with E-state index in [-0.39, 0.29) is 5.91 Å². The van der Waals surface area contributed by atoms with Crippen LogP contribution in [0.5, 0.6) is 0 Å². The van der Waals surface area contributed by atoms with E-state index in [0.717, 1.165) is 26.2 Å². The lowest BCUT2D eigenvalue weighted by Crippen LogP contribution is -2.54. The van der Waals surface area contributed by atoms with Gasteiger partial charge in [-0.1, -0.05) is 6.08 Å². The molecule has 0 aromatic carbocycles. The number of hydrogen-bond donors (Lipinski definition) is 2. The molecule has 1 atom stereocenters. The molecule has 0 spiro atoms. The summed E-state index contributed by atoms with van der Waals surface area (Å²) in [7, 11) is 4.23. The fourth-order valence-corrected chi connectivity index (χ4v) is 1.90. The molecule has 1 unspecified atom stereocenters. The molecule has 1 aliphatic rings. The molecule has 5 nitrogen and oxygen atoms in total. The van der Waals surface area contributed by atoms with Crippen molar-refractivity contribution in [3.05, 3.63) is 12.7 Å². The second-order valence-corrected chi connectivity index (χ2v) is 4.62. The number of rotatable bonds is 6. The van der Waals surface area contributed by atoms with E-state index >= 15 is 0 Å². The van der Waals surface area contributed by atoms with Crippen LogP contribution in [-0.2, 0) is 4.79 Å². The van der Waals surface area contributed by atoms with Gasteiger partial charge in [0.15, 0.2) is 0 Å². The molecule has 1 heterocycles. The van der Waals surface area contributed by atoms with Gasteiger partial charge < -0.3 is 15.5 Å². The molecular weight excluding hydrogens is 216 g/mol. The predicted molar refractivity (Wildman–Crippen MR) is 70.0 cm³/mol. The maximum absolute atomic E-state index is 11.5. The van der Waals surface area contributed by atoms with Crippen molar-refractivity contribution < 1.29 is 4.79 Å². The van der Waals surface area contributed by atoms with Gasteiger partial charge in [0.2, 0.25) is 5.91 Å². The summed E-state index contributed by atoms with van der Waals surface area (Å²) in [6.07, 6.45) is 1.75. The minimum absolute atomic E-state index is 0.0495. The van der Waals surface area contributed by atoms with Crippen molar-refractivity contribution >= 4 is 5.91 Å². The second kappa shape index (κ2) is 7.42. The molecule has 17 heavy (non-hydrogen) atoms. The molecule has 0 bridgehead atoms. The Morgan fingerprint density at radius 2 is 2.24 bits per heavy atom. The maximum Gasteiger partial charge on any atom is 0.234 e. The summed E-state index contributed by atoms with van der Waals surface area (Å²) < 4.78 is 0. The van der Waals surface area contributed by atoms with E-state index in [2.05, 4.69) is 41.1 Å². The molecule has 1 fully saturated rings. The number of carbonyl (C=O) groups excluding carboxylic acids is 1. The lowest BCUT2D eigenvalue weighted by Gasteiger charge is -2.37. The third-order valence-electron chi connectivity index (χ3n) is 3.09. The molecule has 98 valence electrons. The van der Waals surface area contributed by atoms with Gasteiger partial charge in [-0.15, -0.1) is 6.58 Å². The van der Waals surface area contributed by atoms with Crippen LogP contribution in [-0.4, -0.2) is 75.1 Å². The minimum atomic E-state index is 0.0495. The van der Waals surface area contributed by atoms with E-state index in [1.54, 1.807) is 6.08 Å². The number of piperazine rings is 1. The first kappa shape index (κ1) is 14.2. The number of nitrogens with one attached hydrogen (secondary N) is 2. The summed E-state index contributed by atoms with van der Waals surface area (Å²) in [4.78, 5) is 16.1. The third-order valence-corrected chi connectivity index (χ3v) is 3.09. The van der Waals surface area contributed by atoms with Crippen molar-refractivity contribution in [1.29, 1.82) is 0 Å². The quantitative estimate of drug-likeness (QED) is 0.468. The Morgan fingerprint density at radius 1 is 1.47 bits per heavy atom. The van der Waals surface area contributed by atoms with Crippen LogP contribution in [0.2, 0.25) is 0 Å². The number of likely N-dealkylation sites (N-methyl/N-ethyl adjacent to an activating group) is 2. The summed E-state index contributed by atoms with van der Waals surface area (Å²) in [6.45, 7) is 8.50. The summed E-state index contributed by atoms with van der Waals surface area (Å²) in [6, 6.07) is 0.414. The Kier molecular flexibility index (Phi) is 6.18. The van der Waals surface area contributed by atoms with Crippen LogP contribution in [0, 0.1) is 0 Å². The van der Waals surface area contributed by atoms with Crippen LogP contribution in [0.1, 0.15) is 0 Å². The maximum atomic E-state index is 11.5. The summed E-state index contributed by atoms with van der Waals surface area (Å²) >= 11 is 0. The Bertz CT molecular complexity index is 257. The first-order valence-electron chi connectivity index (χ1n) is 6.10. The highest BCUT2D eigenvalue weighted by molar-refractivity contribution is 5.78. The third kappa shape index (κ3) is 5.30. The van der Waals surface area contributed by atoms with Crippen LogP contribution in [0.3, 0.4) is 0 Å². The first-order valence-corrected chi connectivity index (χ1v) is 6.10.